The maximum atomic E-state index is 14.2. The number of pyridine rings is 1. The van der Waals surface area contributed by atoms with Crippen LogP contribution < -0.4 is 9.47 Å². The highest BCUT2D eigenvalue weighted by molar-refractivity contribution is 6.09. The number of halogens is 1. The highest BCUT2D eigenvalue weighted by Crippen LogP contribution is 2.36. The van der Waals surface area contributed by atoms with Crippen molar-refractivity contribution in [3.63, 3.8) is 0 Å². The summed E-state index contributed by atoms with van der Waals surface area (Å²) in [6, 6.07) is 28.8. The highest BCUT2D eigenvalue weighted by Gasteiger charge is 2.15. The van der Waals surface area contributed by atoms with Crippen molar-refractivity contribution < 1.29 is 13.9 Å². The van der Waals surface area contributed by atoms with Crippen LogP contribution in [-0.4, -0.2) is 25.9 Å². The smallest absolute Gasteiger partial charge is 0.140 e. The molecule has 0 fully saturated rings. The van der Waals surface area contributed by atoms with Gasteiger partial charge in [0.05, 0.1) is 29.5 Å². The molecule has 0 aliphatic heterocycles. The van der Waals surface area contributed by atoms with Crippen molar-refractivity contribution >= 4 is 21.8 Å². The van der Waals surface area contributed by atoms with Crippen molar-refractivity contribution in [1.82, 2.24) is 19.3 Å². The minimum absolute atomic E-state index is 0.338. The summed E-state index contributed by atoms with van der Waals surface area (Å²) in [4.78, 5) is 4.45. The van der Waals surface area contributed by atoms with Crippen LogP contribution in [-0.2, 0) is 0 Å². The average molecular weight is 569 g/mol. The Morgan fingerprint density at radius 1 is 0.767 bits per heavy atom. The van der Waals surface area contributed by atoms with Gasteiger partial charge in [-0.3, -0.25) is 4.57 Å². The molecule has 7 heteroatoms. The van der Waals surface area contributed by atoms with Gasteiger partial charge in [-0.05, 0) is 86.0 Å². The van der Waals surface area contributed by atoms with Crippen molar-refractivity contribution in [2.24, 2.45) is 0 Å². The summed E-state index contributed by atoms with van der Waals surface area (Å²) >= 11 is 0. The van der Waals surface area contributed by atoms with Crippen molar-refractivity contribution in [3.05, 3.63) is 127 Å². The Balaban J connectivity index is 1.22. The SMILES string of the molecule is CCOc1cc(C)c(-c2cnn(-c3cccc(Oc4ccc5c6ccccc6n(-c6cc(F)ccn6)c5c4)c3)c2)c(C)c1. The van der Waals surface area contributed by atoms with E-state index in [1.165, 1.54) is 18.3 Å². The zero-order chi connectivity index (χ0) is 29.5. The molecule has 7 rings (SSSR count). The lowest BCUT2D eigenvalue weighted by Gasteiger charge is -2.12. The van der Waals surface area contributed by atoms with Gasteiger partial charge < -0.3 is 9.47 Å². The van der Waals surface area contributed by atoms with Crippen LogP contribution in [0, 0.1) is 19.7 Å². The second kappa shape index (κ2) is 10.8. The number of aryl methyl sites for hydroxylation is 2. The number of ether oxygens (including phenoxy) is 2. The van der Waals surface area contributed by atoms with Gasteiger partial charge in [0.1, 0.15) is 28.9 Å². The van der Waals surface area contributed by atoms with Crippen LogP contribution in [0.3, 0.4) is 0 Å². The van der Waals surface area contributed by atoms with E-state index in [-0.39, 0.29) is 5.82 Å². The molecule has 0 saturated heterocycles. The fourth-order valence-electron chi connectivity index (χ4n) is 5.82. The van der Waals surface area contributed by atoms with E-state index < -0.39 is 0 Å². The van der Waals surface area contributed by atoms with Gasteiger partial charge in [0.2, 0.25) is 0 Å². The molecule has 7 aromatic rings. The molecule has 0 radical (unpaired) electrons. The molecule has 4 aromatic carbocycles. The molecule has 0 aliphatic carbocycles. The summed E-state index contributed by atoms with van der Waals surface area (Å²) in [5.74, 6) is 2.39. The fraction of sp³-hybridized carbons (Fsp3) is 0.111. The van der Waals surface area contributed by atoms with Gasteiger partial charge in [-0.25, -0.2) is 14.1 Å². The average Bonchev–Trinajstić information content (AvgIpc) is 3.60. The zero-order valence-electron chi connectivity index (χ0n) is 24.1. The number of nitrogens with zero attached hydrogens (tertiary/aromatic N) is 4. The van der Waals surface area contributed by atoms with Crippen molar-refractivity contribution in [2.45, 2.75) is 20.8 Å². The zero-order valence-corrected chi connectivity index (χ0v) is 24.1. The normalized spacial score (nSPS) is 11.3. The molecule has 0 unspecified atom stereocenters. The molecule has 43 heavy (non-hydrogen) atoms. The largest absolute Gasteiger partial charge is 0.494 e. The van der Waals surface area contributed by atoms with Gasteiger partial charge in [-0.1, -0.05) is 24.3 Å². The monoisotopic (exact) mass is 568 g/mol. The summed E-state index contributed by atoms with van der Waals surface area (Å²) in [5, 5.41) is 6.75. The van der Waals surface area contributed by atoms with E-state index in [0.29, 0.717) is 23.9 Å². The third kappa shape index (κ3) is 4.89. The Bertz CT molecular complexity index is 2100. The number of rotatable bonds is 7. The molecule has 0 atom stereocenters. The van der Waals surface area contributed by atoms with Gasteiger partial charge in [0.25, 0.3) is 0 Å². The molecule has 3 aromatic heterocycles. The van der Waals surface area contributed by atoms with E-state index in [4.69, 9.17) is 9.47 Å². The van der Waals surface area contributed by atoms with Crippen molar-refractivity contribution in [1.29, 1.82) is 0 Å². The maximum Gasteiger partial charge on any atom is 0.140 e. The molecule has 0 bridgehead atoms. The first-order valence-electron chi connectivity index (χ1n) is 14.2. The lowest BCUT2D eigenvalue weighted by atomic mass is 9.98. The Kier molecular flexibility index (Phi) is 6.62. The molecule has 0 amide bonds. The van der Waals surface area contributed by atoms with Crippen LogP contribution in [0.25, 0.3) is 44.4 Å². The minimum atomic E-state index is -0.338. The van der Waals surface area contributed by atoms with Crippen LogP contribution in [0.15, 0.2) is 110 Å². The predicted molar refractivity (Wildman–Crippen MR) is 168 cm³/mol. The number of para-hydroxylation sites is 1. The van der Waals surface area contributed by atoms with E-state index >= 15 is 0 Å². The fourth-order valence-corrected chi connectivity index (χ4v) is 5.82. The molecule has 0 aliphatic rings. The number of hydrogen-bond acceptors (Lipinski definition) is 4. The molecule has 6 nitrogen and oxygen atoms in total. The standard InChI is InChI=1S/C36H29FN4O2/c1-4-42-30-16-23(2)36(24(3)17-30)25-21-39-40(22-25)27-8-7-9-28(19-27)43-29-12-13-32-31-10-5-6-11-33(31)41(34(32)20-29)35-18-26(37)14-15-38-35/h5-22H,4H2,1-3H3. The van der Waals surface area contributed by atoms with E-state index in [1.54, 1.807) is 0 Å². The van der Waals surface area contributed by atoms with Gasteiger partial charge >= 0.3 is 0 Å². The van der Waals surface area contributed by atoms with Crippen LogP contribution >= 0.6 is 0 Å². The van der Waals surface area contributed by atoms with Crippen LogP contribution in [0.2, 0.25) is 0 Å². The quantitative estimate of drug-likeness (QED) is 0.193. The molecule has 0 saturated carbocycles. The highest BCUT2D eigenvalue weighted by atomic mass is 19.1. The summed E-state index contributed by atoms with van der Waals surface area (Å²) in [6.45, 7) is 6.81. The van der Waals surface area contributed by atoms with Crippen molar-refractivity contribution in [2.75, 3.05) is 6.61 Å². The van der Waals surface area contributed by atoms with E-state index in [2.05, 4.69) is 42.1 Å². The number of benzene rings is 4. The van der Waals surface area contributed by atoms with Gasteiger partial charge in [0, 0.05) is 46.9 Å². The molecular weight excluding hydrogens is 539 g/mol. The Morgan fingerprint density at radius 2 is 1.56 bits per heavy atom. The third-order valence-electron chi connectivity index (χ3n) is 7.59. The molecule has 3 heterocycles. The Labute approximate surface area is 248 Å². The second-order valence-electron chi connectivity index (χ2n) is 10.5. The van der Waals surface area contributed by atoms with E-state index in [9.17, 15) is 4.39 Å². The van der Waals surface area contributed by atoms with Gasteiger partial charge in [-0.2, -0.15) is 5.10 Å². The first-order valence-corrected chi connectivity index (χ1v) is 14.2. The van der Waals surface area contributed by atoms with Gasteiger partial charge in [0.15, 0.2) is 0 Å². The minimum Gasteiger partial charge on any atom is -0.494 e. The molecule has 212 valence electrons. The molecule has 0 spiro atoms. The number of aromatic nitrogens is 4. The van der Waals surface area contributed by atoms with E-state index in [1.807, 2.05) is 89.2 Å². The Hall–Kier alpha value is -5.43. The second-order valence-corrected chi connectivity index (χ2v) is 10.5. The van der Waals surface area contributed by atoms with Crippen LogP contribution in [0.4, 0.5) is 4.39 Å². The first kappa shape index (κ1) is 26.5. The predicted octanol–water partition coefficient (Wildman–Crippen LogP) is 8.98. The van der Waals surface area contributed by atoms with E-state index in [0.717, 1.165) is 55.5 Å². The first-order chi connectivity index (χ1) is 21.0. The maximum absolute atomic E-state index is 14.2. The third-order valence-corrected chi connectivity index (χ3v) is 7.59. The number of fused-ring (bicyclic) bond motifs is 3. The Morgan fingerprint density at radius 3 is 2.37 bits per heavy atom. The molecule has 0 N–H and O–H groups in total. The summed E-state index contributed by atoms with van der Waals surface area (Å²) in [5.41, 5.74) is 7.17. The lowest BCUT2D eigenvalue weighted by Crippen LogP contribution is -1.98. The van der Waals surface area contributed by atoms with Crippen LogP contribution in [0.1, 0.15) is 18.1 Å². The van der Waals surface area contributed by atoms with Crippen molar-refractivity contribution in [3.8, 4) is 39.9 Å². The lowest BCUT2D eigenvalue weighted by molar-refractivity contribution is 0.340. The number of hydrogen-bond donors (Lipinski definition) is 0. The summed E-state index contributed by atoms with van der Waals surface area (Å²) in [7, 11) is 0. The summed E-state index contributed by atoms with van der Waals surface area (Å²) < 4.78 is 30.1. The molecular formula is C36H29FN4O2. The van der Waals surface area contributed by atoms with Crippen LogP contribution in [0.5, 0.6) is 17.2 Å². The van der Waals surface area contributed by atoms with Gasteiger partial charge in [-0.15, -0.1) is 0 Å². The topological polar surface area (TPSA) is 54.1 Å². The summed E-state index contributed by atoms with van der Waals surface area (Å²) in [6.07, 6.45) is 5.40.